The fourth-order valence-electron chi connectivity index (χ4n) is 3.45. The molecule has 1 saturated heterocycles. The number of fused-ring (bicyclic) bond motifs is 2. The zero-order valence-corrected chi connectivity index (χ0v) is 16.0. The van der Waals surface area contributed by atoms with Gasteiger partial charge in [0.2, 0.25) is 5.88 Å². The zero-order valence-electron chi connectivity index (χ0n) is 16.0. The van der Waals surface area contributed by atoms with E-state index in [0.29, 0.717) is 36.0 Å². The van der Waals surface area contributed by atoms with E-state index in [4.69, 9.17) is 25.7 Å². The predicted molar refractivity (Wildman–Crippen MR) is 109 cm³/mol. The highest BCUT2D eigenvalue weighted by molar-refractivity contribution is 5.94. The minimum absolute atomic E-state index is 0.309. The molecule has 0 radical (unpaired) electrons. The van der Waals surface area contributed by atoms with Gasteiger partial charge in [0.1, 0.15) is 23.9 Å². The summed E-state index contributed by atoms with van der Waals surface area (Å²) in [4.78, 5) is 10.7. The van der Waals surface area contributed by atoms with Gasteiger partial charge in [-0.3, -0.25) is 9.89 Å². The Hall–Kier alpha value is -2.84. The SMILES string of the molecule is CN=Cc1c(N)nc2c(c1N)Cc1ccc(OCCN3CCOCC3)cc1O2. The number of aromatic nitrogens is 1. The molecule has 2 aliphatic rings. The first-order valence-electron chi connectivity index (χ1n) is 9.39. The Labute approximate surface area is 164 Å². The molecule has 3 heterocycles. The Bertz CT molecular complexity index is 894. The van der Waals surface area contributed by atoms with Gasteiger partial charge in [-0.2, -0.15) is 4.98 Å². The van der Waals surface area contributed by atoms with Crippen molar-refractivity contribution in [2.75, 3.05) is 58.0 Å². The zero-order chi connectivity index (χ0) is 19.5. The normalized spacial score (nSPS) is 16.5. The highest BCUT2D eigenvalue weighted by atomic mass is 16.5. The first-order chi connectivity index (χ1) is 13.7. The molecular weight excluding hydrogens is 358 g/mol. The maximum absolute atomic E-state index is 6.29. The van der Waals surface area contributed by atoms with Gasteiger partial charge in [-0.15, -0.1) is 0 Å². The number of anilines is 2. The Morgan fingerprint density at radius 1 is 1.29 bits per heavy atom. The van der Waals surface area contributed by atoms with Gasteiger partial charge < -0.3 is 25.7 Å². The van der Waals surface area contributed by atoms with Gasteiger partial charge in [0, 0.05) is 50.9 Å². The summed E-state index contributed by atoms with van der Waals surface area (Å²) in [6, 6.07) is 5.86. The summed E-state index contributed by atoms with van der Waals surface area (Å²) < 4.78 is 17.3. The van der Waals surface area contributed by atoms with E-state index >= 15 is 0 Å². The van der Waals surface area contributed by atoms with Crippen molar-refractivity contribution in [3.63, 3.8) is 0 Å². The number of morpholine rings is 1. The van der Waals surface area contributed by atoms with Gasteiger partial charge in [-0.05, 0) is 11.6 Å². The second-order valence-corrected chi connectivity index (χ2v) is 6.85. The largest absolute Gasteiger partial charge is 0.492 e. The van der Waals surface area contributed by atoms with Crippen molar-refractivity contribution in [2.24, 2.45) is 4.99 Å². The van der Waals surface area contributed by atoms with E-state index in [9.17, 15) is 0 Å². The van der Waals surface area contributed by atoms with Crippen LogP contribution < -0.4 is 20.9 Å². The lowest BCUT2D eigenvalue weighted by molar-refractivity contribution is 0.0322. The number of nitrogen functional groups attached to an aromatic ring is 2. The molecule has 4 N–H and O–H groups in total. The van der Waals surface area contributed by atoms with Gasteiger partial charge in [0.05, 0.1) is 24.5 Å². The number of pyridine rings is 1. The van der Waals surface area contributed by atoms with Crippen molar-refractivity contribution in [2.45, 2.75) is 6.42 Å². The third kappa shape index (κ3) is 3.74. The van der Waals surface area contributed by atoms with E-state index in [-0.39, 0.29) is 0 Å². The molecule has 4 rings (SSSR count). The van der Waals surface area contributed by atoms with Crippen LogP contribution in [0.15, 0.2) is 23.2 Å². The molecule has 1 fully saturated rings. The summed E-state index contributed by atoms with van der Waals surface area (Å²) >= 11 is 0. The maximum atomic E-state index is 6.29. The van der Waals surface area contributed by atoms with Crippen LogP contribution in [0.4, 0.5) is 11.5 Å². The van der Waals surface area contributed by atoms with Crippen LogP contribution in [0.2, 0.25) is 0 Å². The lowest BCUT2D eigenvalue weighted by atomic mass is 9.99. The molecule has 8 nitrogen and oxygen atoms in total. The van der Waals surface area contributed by atoms with Gasteiger partial charge in [0.15, 0.2) is 0 Å². The van der Waals surface area contributed by atoms with Gasteiger partial charge in [0.25, 0.3) is 0 Å². The first kappa shape index (κ1) is 18.5. The minimum Gasteiger partial charge on any atom is -0.492 e. The van der Waals surface area contributed by atoms with Crippen LogP contribution in [0.3, 0.4) is 0 Å². The summed E-state index contributed by atoms with van der Waals surface area (Å²) in [5, 5.41) is 0. The van der Waals surface area contributed by atoms with Crippen LogP contribution in [-0.2, 0) is 11.2 Å². The highest BCUT2D eigenvalue weighted by Crippen LogP contribution is 2.41. The second-order valence-electron chi connectivity index (χ2n) is 6.85. The van der Waals surface area contributed by atoms with E-state index in [0.717, 1.165) is 55.5 Å². The predicted octanol–water partition coefficient (Wildman–Crippen LogP) is 1.70. The van der Waals surface area contributed by atoms with E-state index in [1.165, 1.54) is 0 Å². The fourth-order valence-corrected chi connectivity index (χ4v) is 3.45. The van der Waals surface area contributed by atoms with Crippen LogP contribution >= 0.6 is 0 Å². The molecule has 1 aromatic heterocycles. The molecule has 28 heavy (non-hydrogen) atoms. The topological polar surface area (TPSA) is 108 Å². The van der Waals surface area contributed by atoms with E-state index in [1.54, 1.807) is 13.3 Å². The average Bonchev–Trinajstić information content (AvgIpc) is 2.71. The third-order valence-electron chi connectivity index (χ3n) is 5.02. The van der Waals surface area contributed by atoms with E-state index < -0.39 is 0 Å². The summed E-state index contributed by atoms with van der Waals surface area (Å²) in [5.41, 5.74) is 15.4. The van der Waals surface area contributed by atoms with Crippen molar-refractivity contribution in [3.05, 3.63) is 34.9 Å². The molecule has 1 aromatic carbocycles. The van der Waals surface area contributed by atoms with Crippen LogP contribution in [0.25, 0.3) is 0 Å². The molecule has 2 aromatic rings. The molecule has 148 valence electrons. The van der Waals surface area contributed by atoms with Crippen LogP contribution in [-0.4, -0.2) is 62.6 Å². The number of hydrogen-bond acceptors (Lipinski definition) is 8. The van der Waals surface area contributed by atoms with Crippen LogP contribution in [0.5, 0.6) is 17.4 Å². The number of nitrogens with zero attached hydrogens (tertiary/aromatic N) is 3. The number of hydrogen-bond donors (Lipinski definition) is 2. The standard InChI is InChI=1S/C20H25N5O3/c1-23-12-16-18(21)15-10-13-2-3-14(11-17(13)28-20(15)24-19(16)22)27-9-6-25-4-7-26-8-5-25/h2-3,11-12H,4-10H2,1H3,(H4,21,22,24). The lowest BCUT2D eigenvalue weighted by Crippen LogP contribution is -2.38. The average molecular weight is 383 g/mol. The quantitative estimate of drug-likeness (QED) is 0.646. The lowest BCUT2D eigenvalue weighted by Gasteiger charge is -2.26. The van der Waals surface area contributed by atoms with Crippen molar-refractivity contribution in [1.29, 1.82) is 0 Å². The third-order valence-corrected chi connectivity index (χ3v) is 5.02. The minimum atomic E-state index is 0.309. The number of benzene rings is 1. The maximum Gasteiger partial charge on any atom is 0.226 e. The van der Waals surface area contributed by atoms with E-state index in [1.807, 2.05) is 18.2 Å². The number of aliphatic imine (C=N–C) groups is 1. The molecule has 8 heteroatoms. The number of nitrogens with two attached hydrogens (primary N) is 2. The van der Waals surface area contributed by atoms with Crippen molar-refractivity contribution in [3.8, 4) is 17.4 Å². The second kappa shape index (κ2) is 8.04. The molecule has 0 atom stereocenters. The van der Waals surface area contributed by atoms with E-state index in [2.05, 4.69) is 14.9 Å². The molecule has 0 amide bonds. The monoisotopic (exact) mass is 383 g/mol. The van der Waals surface area contributed by atoms with Gasteiger partial charge in [-0.1, -0.05) is 6.07 Å². The van der Waals surface area contributed by atoms with Crippen molar-refractivity contribution < 1.29 is 14.2 Å². The number of rotatable bonds is 5. The Morgan fingerprint density at radius 2 is 2.11 bits per heavy atom. The van der Waals surface area contributed by atoms with Crippen LogP contribution in [0, 0.1) is 0 Å². The first-order valence-corrected chi connectivity index (χ1v) is 9.39. The van der Waals surface area contributed by atoms with Gasteiger partial charge >= 0.3 is 0 Å². The molecule has 0 spiro atoms. The smallest absolute Gasteiger partial charge is 0.226 e. The summed E-state index contributed by atoms with van der Waals surface area (Å²) in [6.45, 7) is 4.97. The summed E-state index contributed by atoms with van der Waals surface area (Å²) in [5.74, 6) is 2.25. The molecule has 0 saturated carbocycles. The Balaban J connectivity index is 1.47. The van der Waals surface area contributed by atoms with Crippen LogP contribution in [0.1, 0.15) is 16.7 Å². The summed E-state index contributed by atoms with van der Waals surface area (Å²) in [6.07, 6.45) is 2.25. The van der Waals surface area contributed by atoms with Crippen molar-refractivity contribution >= 4 is 17.7 Å². The molecule has 0 unspecified atom stereocenters. The molecular formula is C20H25N5O3. The Morgan fingerprint density at radius 3 is 2.89 bits per heavy atom. The highest BCUT2D eigenvalue weighted by Gasteiger charge is 2.24. The Kier molecular flexibility index (Phi) is 5.31. The molecule has 0 bridgehead atoms. The molecule has 2 aliphatic heterocycles. The summed E-state index contributed by atoms with van der Waals surface area (Å²) in [7, 11) is 1.67. The van der Waals surface area contributed by atoms with Gasteiger partial charge in [-0.25, -0.2) is 0 Å². The fraction of sp³-hybridized carbons (Fsp3) is 0.400. The number of ether oxygens (including phenoxy) is 3. The van der Waals surface area contributed by atoms with Crippen molar-refractivity contribution in [1.82, 2.24) is 9.88 Å². The molecule has 0 aliphatic carbocycles.